The first-order chi connectivity index (χ1) is 12.7. The number of anilines is 1. The smallest absolute Gasteiger partial charge is 0.266 e. The molecule has 0 unspecified atom stereocenters. The highest BCUT2D eigenvalue weighted by Crippen LogP contribution is 2.35. The first-order valence-electron chi connectivity index (χ1n) is 8.38. The molecule has 3 aromatic rings. The van der Waals surface area contributed by atoms with Gasteiger partial charge in [-0.1, -0.05) is 23.7 Å². The maximum absolute atomic E-state index is 7.14. The van der Waals surface area contributed by atoms with Crippen LogP contribution in [0.25, 0.3) is 16.4 Å². The minimum atomic E-state index is 0.411. The molecule has 1 aliphatic rings. The Bertz CT molecular complexity index is 946. The molecule has 1 aromatic carbocycles. The van der Waals surface area contributed by atoms with Gasteiger partial charge in [-0.05, 0) is 43.0 Å². The topological polar surface area (TPSA) is 59.4 Å². The Hall–Kier alpha value is -2.91. The molecule has 6 nitrogen and oxygen atoms in total. The van der Waals surface area contributed by atoms with Crippen molar-refractivity contribution in [2.75, 3.05) is 11.4 Å². The normalized spacial score (nSPS) is 13.4. The number of hydrogen-bond acceptors (Lipinski definition) is 5. The average molecular weight is 366 g/mol. The van der Waals surface area contributed by atoms with Gasteiger partial charge in [-0.25, -0.2) is 4.85 Å². The minimum absolute atomic E-state index is 0.411. The van der Waals surface area contributed by atoms with Crippen molar-refractivity contribution in [3.05, 3.63) is 64.9 Å². The molecule has 0 bridgehead atoms. The van der Waals surface area contributed by atoms with Crippen molar-refractivity contribution in [1.29, 1.82) is 0 Å². The predicted octanol–water partition coefficient (Wildman–Crippen LogP) is 4.75. The predicted molar refractivity (Wildman–Crippen MR) is 99.0 cm³/mol. The highest BCUT2D eigenvalue weighted by Gasteiger charge is 2.26. The number of nitrogens with zero attached hydrogens (tertiary/aromatic N) is 5. The van der Waals surface area contributed by atoms with E-state index in [1.165, 1.54) is 12.8 Å². The monoisotopic (exact) mass is 365 g/mol. The van der Waals surface area contributed by atoms with E-state index < -0.39 is 0 Å². The molecular formula is C19H16ClN5O. The molecule has 0 N–H and O–H groups in total. The Balaban J connectivity index is 1.57. The van der Waals surface area contributed by atoms with Gasteiger partial charge >= 0.3 is 0 Å². The summed E-state index contributed by atoms with van der Waals surface area (Å²) in [4.78, 5) is 9.82. The van der Waals surface area contributed by atoms with Crippen LogP contribution in [0.2, 0.25) is 5.02 Å². The molecule has 26 heavy (non-hydrogen) atoms. The molecule has 0 saturated heterocycles. The summed E-state index contributed by atoms with van der Waals surface area (Å²) >= 11 is 6.21. The van der Waals surface area contributed by atoms with Gasteiger partial charge in [0.1, 0.15) is 5.69 Å². The van der Waals surface area contributed by atoms with Crippen LogP contribution in [0, 0.1) is 12.5 Å². The summed E-state index contributed by atoms with van der Waals surface area (Å²) in [5.74, 6) is 1.61. The van der Waals surface area contributed by atoms with Crippen LogP contribution in [0.15, 0.2) is 47.0 Å². The van der Waals surface area contributed by atoms with Gasteiger partial charge < -0.3 is 9.32 Å². The molecule has 1 saturated carbocycles. The van der Waals surface area contributed by atoms with E-state index in [0.29, 0.717) is 40.6 Å². The fourth-order valence-corrected chi connectivity index (χ4v) is 2.95. The fraction of sp³-hybridized carbons (Fsp3) is 0.263. The Kier molecular flexibility index (Phi) is 4.55. The van der Waals surface area contributed by atoms with E-state index in [4.69, 9.17) is 22.6 Å². The van der Waals surface area contributed by atoms with Gasteiger partial charge in [0.2, 0.25) is 11.6 Å². The first kappa shape index (κ1) is 16.6. The molecule has 1 aliphatic carbocycles. The lowest BCUT2D eigenvalue weighted by Gasteiger charge is -2.23. The Morgan fingerprint density at radius 3 is 2.81 bits per heavy atom. The molecule has 4 rings (SSSR count). The van der Waals surface area contributed by atoms with E-state index in [0.717, 1.165) is 12.2 Å². The molecule has 1 fully saturated rings. The van der Waals surface area contributed by atoms with Gasteiger partial charge in [-0.3, -0.25) is 4.98 Å². The molecule has 7 heteroatoms. The SMILES string of the molecule is [C-]#[N+]c1ccc(N(Cc2nnc(-c3ccccn3)o2)CC2CC2)cc1Cl. The van der Waals surface area contributed by atoms with Gasteiger partial charge in [-0.2, -0.15) is 0 Å². The maximum Gasteiger partial charge on any atom is 0.266 e. The van der Waals surface area contributed by atoms with Crippen molar-refractivity contribution >= 4 is 23.0 Å². The van der Waals surface area contributed by atoms with Crippen molar-refractivity contribution in [1.82, 2.24) is 15.2 Å². The fourth-order valence-electron chi connectivity index (χ4n) is 2.73. The summed E-state index contributed by atoms with van der Waals surface area (Å²) in [5.41, 5.74) is 2.06. The van der Waals surface area contributed by atoms with Crippen molar-refractivity contribution in [3.63, 3.8) is 0 Å². The second-order valence-electron chi connectivity index (χ2n) is 6.29. The molecule has 0 amide bonds. The van der Waals surface area contributed by atoms with Crippen LogP contribution in [-0.2, 0) is 6.54 Å². The lowest BCUT2D eigenvalue weighted by atomic mass is 10.2. The molecule has 130 valence electrons. The van der Waals surface area contributed by atoms with Crippen LogP contribution in [0.5, 0.6) is 0 Å². The van der Waals surface area contributed by atoms with Crippen LogP contribution < -0.4 is 4.90 Å². The minimum Gasteiger partial charge on any atom is -0.417 e. The zero-order valence-electron chi connectivity index (χ0n) is 14.0. The lowest BCUT2D eigenvalue weighted by Crippen LogP contribution is -2.25. The van der Waals surface area contributed by atoms with E-state index >= 15 is 0 Å². The summed E-state index contributed by atoms with van der Waals surface area (Å²) in [7, 11) is 0. The second-order valence-corrected chi connectivity index (χ2v) is 6.69. The molecule has 0 aliphatic heterocycles. The van der Waals surface area contributed by atoms with E-state index in [-0.39, 0.29) is 0 Å². The summed E-state index contributed by atoms with van der Waals surface area (Å²) < 4.78 is 5.79. The largest absolute Gasteiger partial charge is 0.417 e. The molecule has 0 spiro atoms. The third-order valence-corrected chi connectivity index (χ3v) is 4.57. The average Bonchev–Trinajstić information content (AvgIpc) is 3.37. The van der Waals surface area contributed by atoms with Gasteiger partial charge in [0.25, 0.3) is 5.89 Å². The highest BCUT2D eigenvalue weighted by atomic mass is 35.5. The Morgan fingerprint density at radius 1 is 1.23 bits per heavy atom. The van der Waals surface area contributed by atoms with Crippen molar-refractivity contribution in [2.24, 2.45) is 5.92 Å². The highest BCUT2D eigenvalue weighted by molar-refractivity contribution is 6.33. The summed E-state index contributed by atoms with van der Waals surface area (Å²) in [6, 6.07) is 11.0. The number of halogens is 1. The molecule has 2 aromatic heterocycles. The number of hydrogen-bond donors (Lipinski definition) is 0. The van der Waals surface area contributed by atoms with E-state index in [9.17, 15) is 0 Å². The van der Waals surface area contributed by atoms with Crippen LogP contribution in [0.1, 0.15) is 18.7 Å². The van der Waals surface area contributed by atoms with E-state index in [1.807, 2.05) is 30.3 Å². The van der Waals surface area contributed by atoms with E-state index in [1.54, 1.807) is 12.3 Å². The first-order valence-corrected chi connectivity index (χ1v) is 8.76. The number of pyridine rings is 1. The molecule has 2 heterocycles. The van der Waals surface area contributed by atoms with Crippen LogP contribution >= 0.6 is 11.6 Å². The maximum atomic E-state index is 7.14. The summed E-state index contributed by atoms with van der Waals surface area (Å²) in [6.07, 6.45) is 4.15. The summed E-state index contributed by atoms with van der Waals surface area (Å²) in [6.45, 7) is 8.53. The van der Waals surface area contributed by atoms with Gasteiger partial charge in [0, 0.05) is 23.5 Å². The van der Waals surface area contributed by atoms with Crippen LogP contribution in [-0.4, -0.2) is 21.7 Å². The van der Waals surface area contributed by atoms with Crippen molar-refractivity contribution in [3.8, 4) is 11.6 Å². The third-order valence-electron chi connectivity index (χ3n) is 4.27. The summed E-state index contributed by atoms with van der Waals surface area (Å²) in [5, 5.41) is 8.72. The zero-order chi connectivity index (χ0) is 17.9. The third kappa shape index (κ3) is 3.68. The van der Waals surface area contributed by atoms with Gasteiger partial charge in [0.05, 0.1) is 13.1 Å². The van der Waals surface area contributed by atoms with Crippen LogP contribution in [0.3, 0.4) is 0 Å². The lowest BCUT2D eigenvalue weighted by molar-refractivity contribution is 0.493. The van der Waals surface area contributed by atoms with Crippen molar-refractivity contribution in [2.45, 2.75) is 19.4 Å². The second kappa shape index (κ2) is 7.14. The van der Waals surface area contributed by atoms with Gasteiger partial charge in [0.15, 0.2) is 0 Å². The Morgan fingerprint density at radius 2 is 2.12 bits per heavy atom. The van der Waals surface area contributed by atoms with E-state index in [2.05, 4.69) is 24.9 Å². The van der Waals surface area contributed by atoms with Crippen molar-refractivity contribution < 1.29 is 4.42 Å². The van der Waals surface area contributed by atoms with Gasteiger partial charge in [-0.15, -0.1) is 10.2 Å². The number of aromatic nitrogens is 3. The molecule has 0 radical (unpaired) electrons. The number of rotatable bonds is 6. The quantitative estimate of drug-likeness (QED) is 0.590. The zero-order valence-corrected chi connectivity index (χ0v) is 14.7. The molecule has 0 atom stereocenters. The van der Waals surface area contributed by atoms with Crippen LogP contribution in [0.4, 0.5) is 11.4 Å². The standard InChI is InChI=1S/C19H16ClN5O/c1-21-16-8-7-14(10-15(16)20)25(11-13-5-6-13)12-18-23-24-19(26-18)17-4-2-3-9-22-17/h2-4,7-10,13H,5-6,11-12H2. The molecular weight excluding hydrogens is 350 g/mol. The Labute approximate surface area is 156 Å². The number of benzene rings is 1.